The molecule has 1 saturated heterocycles. The number of ether oxygens (including phenoxy) is 1. The Balaban J connectivity index is 1.59. The van der Waals surface area contributed by atoms with Gasteiger partial charge in [-0.25, -0.2) is 4.39 Å². The molecule has 1 aliphatic heterocycles. The Morgan fingerprint density at radius 2 is 2.10 bits per heavy atom. The molecule has 7 heteroatoms. The van der Waals surface area contributed by atoms with Gasteiger partial charge in [-0.1, -0.05) is 11.6 Å². The molecule has 0 radical (unpaired) electrons. The van der Waals surface area contributed by atoms with E-state index in [0.29, 0.717) is 29.4 Å². The maximum absolute atomic E-state index is 13.4. The second-order valence-corrected chi connectivity index (χ2v) is 7.66. The highest BCUT2D eigenvalue weighted by Gasteiger charge is 2.28. The molecule has 150 valence electrons. The molecule has 1 amide bonds. The van der Waals surface area contributed by atoms with Crippen molar-refractivity contribution in [1.29, 1.82) is 0 Å². The summed E-state index contributed by atoms with van der Waals surface area (Å²) in [5.41, 5.74) is 8.16. The van der Waals surface area contributed by atoms with Crippen LogP contribution < -0.4 is 10.5 Å². The second-order valence-electron chi connectivity index (χ2n) is 7.25. The van der Waals surface area contributed by atoms with Crippen molar-refractivity contribution >= 4 is 28.4 Å². The summed E-state index contributed by atoms with van der Waals surface area (Å²) in [7, 11) is 0. The number of carbonyl (C=O) groups excluding carboxylic acids is 1. The summed E-state index contributed by atoms with van der Waals surface area (Å²) in [6, 6.07) is 11.6. The molecule has 3 aromatic rings. The molecule has 2 aromatic carbocycles. The molecule has 1 aliphatic rings. The fraction of sp³-hybridized carbons (Fsp3) is 0.273. The van der Waals surface area contributed by atoms with Crippen LogP contribution in [0.5, 0.6) is 5.75 Å². The number of aromatic nitrogens is 1. The number of amides is 1. The zero-order valence-electron chi connectivity index (χ0n) is 15.9. The number of pyridine rings is 1. The fourth-order valence-corrected chi connectivity index (χ4v) is 3.91. The van der Waals surface area contributed by atoms with Crippen LogP contribution in [0.4, 0.5) is 4.39 Å². The average molecular weight is 414 g/mol. The van der Waals surface area contributed by atoms with Crippen molar-refractivity contribution in [2.24, 2.45) is 5.73 Å². The lowest BCUT2D eigenvalue weighted by molar-refractivity contribution is -0.136. The van der Waals surface area contributed by atoms with E-state index in [4.69, 9.17) is 22.1 Å². The summed E-state index contributed by atoms with van der Waals surface area (Å²) in [6.07, 6.45) is 1.86. The molecule has 0 aliphatic carbocycles. The molecule has 1 fully saturated rings. The molecule has 29 heavy (non-hydrogen) atoms. The minimum atomic E-state index is -0.618. The lowest BCUT2D eigenvalue weighted by Crippen LogP contribution is -2.40. The molecular weight excluding hydrogens is 393 g/mol. The Morgan fingerprint density at radius 1 is 1.28 bits per heavy atom. The number of benzene rings is 2. The average Bonchev–Trinajstić information content (AvgIpc) is 3.13. The number of rotatable bonds is 4. The van der Waals surface area contributed by atoms with E-state index < -0.39 is 6.10 Å². The summed E-state index contributed by atoms with van der Waals surface area (Å²) in [6.45, 7) is 2.96. The molecule has 0 bridgehead atoms. The zero-order valence-corrected chi connectivity index (χ0v) is 16.7. The lowest BCUT2D eigenvalue weighted by atomic mass is 10.0. The zero-order chi connectivity index (χ0) is 20.5. The van der Waals surface area contributed by atoms with Gasteiger partial charge in [0.05, 0.1) is 10.5 Å². The summed E-state index contributed by atoms with van der Waals surface area (Å²) in [5.74, 6) is 0.0972. The maximum Gasteiger partial charge on any atom is 0.263 e. The van der Waals surface area contributed by atoms with Gasteiger partial charge in [0.1, 0.15) is 11.6 Å². The van der Waals surface area contributed by atoms with Crippen LogP contribution >= 0.6 is 11.6 Å². The molecule has 5 nitrogen and oxygen atoms in total. The van der Waals surface area contributed by atoms with E-state index in [1.54, 1.807) is 36.2 Å². The van der Waals surface area contributed by atoms with Crippen LogP contribution in [0, 0.1) is 5.82 Å². The van der Waals surface area contributed by atoms with E-state index in [1.807, 2.05) is 12.1 Å². The van der Waals surface area contributed by atoms with E-state index in [1.165, 1.54) is 12.1 Å². The molecule has 2 N–H and O–H groups in total. The third kappa shape index (κ3) is 4.04. The largest absolute Gasteiger partial charge is 0.481 e. The smallest absolute Gasteiger partial charge is 0.263 e. The van der Waals surface area contributed by atoms with Crippen LogP contribution in [-0.4, -0.2) is 41.0 Å². The van der Waals surface area contributed by atoms with Crippen LogP contribution in [0.2, 0.25) is 5.02 Å². The number of hydrogen-bond donors (Lipinski definition) is 1. The van der Waals surface area contributed by atoms with Gasteiger partial charge in [-0.05, 0) is 55.3 Å². The second kappa shape index (κ2) is 7.97. The molecule has 1 aromatic heterocycles. The van der Waals surface area contributed by atoms with Gasteiger partial charge in [0, 0.05) is 42.3 Å². The molecule has 0 saturated carbocycles. The lowest BCUT2D eigenvalue weighted by Gasteiger charge is -2.21. The van der Waals surface area contributed by atoms with E-state index in [2.05, 4.69) is 4.98 Å². The first-order chi connectivity index (χ1) is 13.9. The van der Waals surface area contributed by atoms with Crippen molar-refractivity contribution in [3.63, 3.8) is 0 Å². The number of hydrogen-bond acceptors (Lipinski definition) is 4. The van der Waals surface area contributed by atoms with Gasteiger partial charge >= 0.3 is 0 Å². The van der Waals surface area contributed by atoms with Gasteiger partial charge in [0.15, 0.2) is 6.10 Å². The quantitative estimate of drug-likeness (QED) is 0.701. The standard InChI is InChI=1S/C22H21ClFN3O2/c1-13(22(28)27-9-7-15(25)12-27)29-16-3-5-19-17(6-8-26-21(19)11-16)18-4-2-14(24)10-20(18)23/h2-6,8,10-11,13,15H,7,9,12,25H2,1H3/t13?,15-/m1/s1. The molecule has 0 spiro atoms. The normalized spacial score (nSPS) is 17.5. The molecule has 2 atom stereocenters. The number of likely N-dealkylation sites (tertiary alicyclic amines) is 1. The first-order valence-corrected chi connectivity index (χ1v) is 9.85. The van der Waals surface area contributed by atoms with Crippen molar-refractivity contribution in [3.8, 4) is 16.9 Å². The topological polar surface area (TPSA) is 68.5 Å². The highest BCUT2D eigenvalue weighted by molar-refractivity contribution is 6.33. The SMILES string of the molecule is CC(Oc1ccc2c(-c3ccc(F)cc3Cl)ccnc2c1)C(=O)N1CC[C@@H](N)C1. The van der Waals surface area contributed by atoms with Gasteiger partial charge < -0.3 is 15.4 Å². The third-order valence-electron chi connectivity index (χ3n) is 5.13. The minimum absolute atomic E-state index is 0.0349. The van der Waals surface area contributed by atoms with Crippen LogP contribution in [-0.2, 0) is 4.79 Å². The summed E-state index contributed by atoms with van der Waals surface area (Å²) in [5, 5.41) is 1.19. The van der Waals surface area contributed by atoms with Gasteiger partial charge in [-0.15, -0.1) is 0 Å². The van der Waals surface area contributed by atoms with E-state index in [9.17, 15) is 9.18 Å². The predicted octanol–water partition coefficient (Wildman–Crippen LogP) is 4.02. The summed E-state index contributed by atoms with van der Waals surface area (Å²) < 4.78 is 19.3. The van der Waals surface area contributed by atoms with Crippen molar-refractivity contribution in [1.82, 2.24) is 9.88 Å². The van der Waals surface area contributed by atoms with Crippen molar-refractivity contribution in [2.45, 2.75) is 25.5 Å². The van der Waals surface area contributed by atoms with Crippen LogP contribution in [0.3, 0.4) is 0 Å². The monoisotopic (exact) mass is 413 g/mol. The van der Waals surface area contributed by atoms with E-state index >= 15 is 0 Å². The van der Waals surface area contributed by atoms with Crippen molar-refractivity contribution in [3.05, 3.63) is 59.5 Å². The van der Waals surface area contributed by atoms with Gasteiger partial charge in [0.2, 0.25) is 0 Å². The molecule has 1 unspecified atom stereocenters. The number of nitrogens with two attached hydrogens (primary N) is 1. The van der Waals surface area contributed by atoms with Crippen molar-refractivity contribution in [2.75, 3.05) is 13.1 Å². The fourth-order valence-electron chi connectivity index (χ4n) is 3.64. The van der Waals surface area contributed by atoms with Crippen LogP contribution in [0.1, 0.15) is 13.3 Å². The summed E-state index contributed by atoms with van der Waals surface area (Å²) >= 11 is 6.24. The minimum Gasteiger partial charge on any atom is -0.481 e. The first-order valence-electron chi connectivity index (χ1n) is 9.47. The summed E-state index contributed by atoms with van der Waals surface area (Å²) in [4.78, 5) is 18.7. The van der Waals surface area contributed by atoms with E-state index in [-0.39, 0.29) is 17.8 Å². The molecular formula is C22H21ClFN3O2. The Bertz CT molecular complexity index is 1080. The maximum atomic E-state index is 13.4. The van der Waals surface area contributed by atoms with Gasteiger partial charge in [-0.3, -0.25) is 9.78 Å². The van der Waals surface area contributed by atoms with Gasteiger partial charge in [0.25, 0.3) is 5.91 Å². The van der Waals surface area contributed by atoms with Crippen LogP contribution in [0.25, 0.3) is 22.0 Å². The van der Waals surface area contributed by atoms with Crippen LogP contribution in [0.15, 0.2) is 48.7 Å². The molecule has 2 heterocycles. The van der Waals surface area contributed by atoms with E-state index in [0.717, 1.165) is 22.9 Å². The first kappa shape index (κ1) is 19.6. The third-order valence-corrected chi connectivity index (χ3v) is 5.45. The number of carbonyl (C=O) groups is 1. The highest BCUT2D eigenvalue weighted by atomic mass is 35.5. The Labute approximate surface area is 173 Å². The molecule has 4 rings (SSSR count). The Morgan fingerprint density at radius 3 is 2.83 bits per heavy atom. The van der Waals surface area contributed by atoms with Gasteiger partial charge in [-0.2, -0.15) is 0 Å². The Hall–Kier alpha value is -2.70. The Kier molecular flexibility index (Phi) is 5.39. The predicted molar refractivity (Wildman–Crippen MR) is 111 cm³/mol. The number of halogens is 2. The highest BCUT2D eigenvalue weighted by Crippen LogP contribution is 2.34. The number of nitrogens with zero attached hydrogens (tertiary/aromatic N) is 2. The van der Waals surface area contributed by atoms with Crippen molar-refractivity contribution < 1.29 is 13.9 Å². The number of fused-ring (bicyclic) bond motifs is 1.